The van der Waals surface area contributed by atoms with E-state index in [9.17, 15) is 9.36 Å². The van der Waals surface area contributed by atoms with Crippen LogP contribution in [0.1, 0.15) is 0 Å². The largest absolute Gasteiger partial charge is 1.00 e. The molecule has 0 radical (unpaired) electrons. The minimum absolute atomic E-state index is 0. The summed E-state index contributed by atoms with van der Waals surface area (Å²) in [4.78, 5) is 26.4. The van der Waals surface area contributed by atoms with Crippen LogP contribution in [0.4, 0.5) is 0 Å². The molecule has 0 aliphatic heterocycles. The molecule has 0 unspecified atom stereocenters. The van der Waals surface area contributed by atoms with E-state index in [-0.39, 0.29) is 35.4 Å². The molecule has 0 rings (SSSR count). The Kier molecular flexibility index (Phi) is 8.71. The van der Waals surface area contributed by atoms with E-state index in [1.807, 2.05) is 0 Å². The first-order chi connectivity index (χ1) is 4.45. The van der Waals surface area contributed by atoms with Crippen LogP contribution >= 0.6 is 19.4 Å². The molecule has 0 fully saturated rings. The first kappa shape index (κ1) is 14.6. The van der Waals surface area contributed by atoms with Crippen LogP contribution in [0.25, 0.3) is 0 Å². The van der Waals surface area contributed by atoms with Crippen molar-refractivity contribution in [1.29, 1.82) is 0 Å². The fraction of sp³-hybridized carbons (Fsp3) is 0.667. The number of Topliss-reactive ketones (excluding diaryl/α,β-unsaturated/α-hetero) is 1. The van der Waals surface area contributed by atoms with Gasteiger partial charge in [0.05, 0.1) is 5.88 Å². The van der Waals surface area contributed by atoms with Crippen LogP contribution in [0.2, 0.25) is 0 Å². The summed E-state index contributed by atoms with van der Waals surface area (Å²) in [5, 5.41) is 0. The van der Waals surface area contributed by atoms with Crippen LogP contribution in [-0.4, -0.2) is 28.1 Å². The molecule has 5 nitrogen and oxygen atoms in total. The third-order valence-electron chi connectivity index (χ3n) is 0.543. The molecule has 11 heavy (non-hydrogen) atoms. The summed E-state index contributed by atoms with van der Waals surface area (Å²) in [6, 6.07) is 0. The third-order valence-corrected chi connectivity index (χ3v) is 1.31. The fourth-order valence-corrected chi connectivity index (χ4v) is 0.584. The molecule has 8 heteroatoms. The van der Waals surface area contributed by atoms with E-state index in [0.717, 1.165) is 0 Å². The zero-order valence-corrected chi connectivity index (χ0v) is 9.51. The molecule has 0 saturated heterocycles. The Morgan fingerprint density at radius 2 is 2.00 bits per heavy atom. The molecule has 60 valence electrons. The maximum atomic E-state index is 10.3. The van der Waals surface area contributed by atoms with E-state index in [2.05, 4.69) is 4.52 Å². The van der Waals surface area contributed by atoms with Gasteiger partial charge in [-0.1, -0.05) is 0 Å². The molecule has 0 aliphatic carbocycles. The summed E-state index contributed by atoms with van der Waals surface area (Å²) in [7, 11) is -4.51. The zero-order chi connectivity index (χ0) is 8.20. The predicted molar refractivity (Wildman–Crippen MR) is 33.7 cm³/mol. The Labute approximate surface area is 90.6 Å². The molecule has 0 aliphatic rings. The fourth-order valence-electron chi connectivity index (χ4n) is 0.195. The Bertz CT molecular complexity index is 167. The van der Waals surface area contributed by atoms with Gasteiger partial charge < -0.3 is 9.79 Å². The van der Waals surface area contributed by atoms with E-state index < -0.39 is 20.2 Å². The van der Waals surface area contributed by atoms with Crippen molar-refractivity contribution >= 4 is 25.2 Å². The number of rotatable bonds is 4. The van der Waals surface area contributed by atoms with E-state index in [0.29, 0.717) is 0 Å². The Balaban J connectivity index is 0. The van der Waals surface area contributed by atoms with E-state index >= 15 is 0 Å². The van der Waals surface area contributed by atoms with Crippen molar-refractivity contribution in [3.63, 3.8) is 0 Å². The van der Waals surface area contributed by atoms with Crippen LogP contribution < -0.4 is 29.6 Å². The van der Waals surface area contributed by atoms with Crippen LogP contribution in [0, 0.1) is 0 Å². The van der Waals surface area contributed by atoms with Crippen molar-refractivity contribution in [2.75, 3.05) is 12.5 Å². The maximum Gasteiger partial charge on any atom is 1.00 e. The molecule has 0 aromatic carbocycles. The smallest absolute Gasteiger partial charge is 0.303 e. The summed E-state index contributed by atoms with van der Waals surface area (Å²) >= 11 is 5.00. The SMILES string of the molecule is O=C(CCl)COP(=O)(O)O.[Na+]. The van der Waals surface area contributed by atoms with Crippen molar-refractivity contribution in [2.45, 2.75) is 0 Å². The monoisotopic (exact) mass is 211 g/mol. The van der Waals surface area contributed by atoms with Gasteiger partial charge in [-0.15, -0.1) is 11.6 Å². The van der Waals surface area contributed by atoms with Gasteiger partial charge in [-0.05, 0) is 0 Å². The van der Waals surface area contributed by atoms with Gasteiger partial charge in [0.15, 0.2) is 5.78 Å². The topological polar surface area (TPSA) is 83.8 Å². The van der Waals surface area contributed by atoms with Crippen molar-refractivity contribution in [1.82, 2.24) is 0 Å². The number of carbonyl (C=O) groups excluding carboxylic acids is 1. The van der Waals surface area contributed by atoms with E-state index in [1.165, 1.54) is 0 Å². The second kappa shape index (κ2) is 6.57. The molecule has 2 N–H and O–H groups in total. The third kappa shape index (κ3) is 11.1. The molecule has 0 atom stereocenters. The van der Waals surface area contributed by atoms with Crippen LogP contribution in [-0.2, 0) is 13.9 Å². The standard InChI is InChI=1S/C3H6ClO5P.Na/c4-1-3(5)2-9-10(6,7)8;/h1-2H2,(H2,6,7,8);/q;+1. The average Bonchev–Trinajstić information content (AvgIpc) is 1.81. The van der Waals surface area contributed by atoms with Crippen LogP contribution in [0.15, 0.2) is 0 Å². The molecular weight excluding hydrogens is 205 g/mol. The summed E-state index contributed by atoms with van der Waals surface area (Å²) in [6.07, 6.45) is 0. The molecule has 0 heterocycles. The first-order valence-electron chi connectivity index (χ1n) is 2.23. The van der Waals surface area contributed by atoms with Gasteiger partial charge in [0, 0.05) is 0 Å². The summed E-state index contributed by atoms with van der Waals surface area (Å²) in [6.45, 7) is -0.645. The Morgan fingerprint density at radius 1 is 1.55 bits per heavy atom. The maximum absolute atomic E-state index is 10.3. The van der Waals surface area contributed by atoms with Gasteiger partial charge in [-0.2, -0.15) is 0 Å². The van der Waals surface area contributed by atoms with Crippen molar-refractivity contribution in [3.8, 4) is 0 Å². The molecule has 0 aromatic heterocycles. The number of hydrogen-bond donors (Lipinski definition) is 2. The normalized spacial score (nSPS) is 10.5. The molecule has 0 bridgehead atoms. The van der Waals surface area contributed by atoms with Gasteiger partial charge in [0.2, 0.25) is 0 Å². The second-order valence-corrected chi connectivity index (χ2v) is 2.94. The summed E-state index contributed by atoms with van der Waals surface area (Å²) < 4.78 is 13.7. The molecule has 0 aromatic rings. The van der Waals surface area contributed by atoms with Crippen LogP contribution in [0.3, 0.4) is 0 Å². The van der Waals surface area contributed by atoms with Gasteiger partial charge in [0.25, 0.3) is 0 Å². The van der Waals surface area contributed by atoms with Crippen molar-refractivity contribution < 1.29 is 53.2 Å². The minimum atomic E-state index is -4.51. The number of phosphoric ester groups is 1. The van der Waals surface area contributed by atoms with E-state index in [4.69, 9.17) is 21.4 Å². The van der Waals surface area contributed by atoms with Gasteiger partial charge in [-0.3, -0.25) is 9.32 Å². The summed E-state index contributed by atoms with van der Waals surface area (Å²) in [5.74, 6) is -0.870. The zero-order valence-electron chi connectivity index (χ0n) is 5.86. The Hall–Kier alpha value is 1.07. The summed E-state index contributed by atoms with van der Waals surface area (Å²) in [5.41, 5.74) is 0. The first-order valence-corrected chi connectivity index (χ1v) is 4.30. The molecule has 0 saturated carbocycles. The number of carbonyl (C=O) groups is 1. The van der Waals surface area contributed by atoms with Gasteiger partial charge in [0.1, 0.15) is 6.61 Å². The number of phosphoric acid groups is 1. The number of alkyl halides is 1. The number of halogens is 1. The van der Waals surface area contributed by atoms with Crippen molar-refractivity contribution in [3.05, 3.63) is 0 Å². The molecular formula is C3H6ClNaO5P+. The van der Waals surface area contributed by atoms with Gasteiger partial charge in [-0.25, -0.2) is 4.57 Å². The number of ketones is 1. The van der Waals surface area contributed by atoms with E-state index in [1.54, 1.807) is 0 Å². The minimum Gasteiger partial charge on any atom is -0.303 e. The van der Waals surface area contributed by atoms with Crippen LogP contribution in [0.5, 0.6) is 0 Å². The number of hydrogen-bond acceptors (Lipinski definition) is 3. The second-order valence-electron chi connectivity index (χ2n) is 1.44. The quantitative estimate of drug-likeness (QED) is 0.293. The van der Waals surface area contributed by atoms with Crippen molar-refractivity contribution in [2.24, 2.45) is 0 Å². The Morgan fingerprint density at radius 3 is 2.27 bits per heavy atom. The average molecular weight is 211 g/mol. The molecule has 0 spiro atoms. The predicted octanol–water partition coefficient (Wildman–Crippen LogP) is -3.09. The molecule has 0 amide bonds. The van der Waals surface area contributed by atoms with Gasteiger partial charge >= 0.3 is 37.4 Å².